The van der Waals surface area contributed by atoms with Crippen LogP contribution in [0.3, 0.4) is 0 Å². The monoisotopic (exact) mass is 149 g/mol. The van der Waals surface area contributed by atoms with Crippen LogP contribution in [-0.2, 0) is 0 Å². The first kappa shape index (κ1) is 8.33. The van der Waals surface area contributed by atoms with E-state index in [9.17, 15) is 0 Å². The van der Waals surface area contributed by atoms with Gasteiger partial charge in [-0.05, 0) is 18.8 Å². The van der Waals surface area contributed by atoms with Gasteiger partial charge >= 0.3 is 0 Å². The maximum absolute atomic E-state index is 8.50. The van der Waals surface area contributed by atoms with E-state index < -0.39 is 0 Å². The molecule has 1 nitrogen and oxygen atoms in total. The zero-order valence-electron chi connectivity index (χ0n) is 7.09. The third-order valence-corrected chi connectivity index (χ3v) is 2.11. The Balaban J connectivity index is 2.04. The molecule has 0 aliphatic heterocycles. The molecule has 0 radical (unpaired) electrons. The van der Waals surface area contributed by atoms with Crippen molar-refractivity contribution in [2.24, 2.45) is 11.8 Å². The molecule has 0 aromatic rings. The van der Waals surface area contributed by atoms with Crippen LogP contribution in [0.25, 0.3) is 0 Å². The summed E-state index contributed by atoms with van der Waals surface area (Å²) in [5.74, 6) is 0.935. The molecule has 2 unspecified atom stereocenters. The molecule has 11 heavy (non-hydrogen) atoms. The second kappa shape index (κ2) is 4.18. The lowest BCUT2D eigenvalue weighted by atomic mass is 10.2. The van der Waals surface area contributed by atoms with Crippen LogP contribution in [0, 0.1) is 23.2 Å². The summed E-state index contributed by atoms with van der Waals surface area (Å²) in [7, 11) is 0. The van der Waals surface area contributed by atoms with E-state index in [0.717, 1.165) is 6.42 Å². The zero-order valence-corrected chi connectivity index (χ0v) is 7.09. The van der Waals surface area contributed by atoms with Crippen LogP contribution in [0.4, 0.5) is 0 Å². The largest absolute Gasteiger partial charge is 0.198 e. The molecule has 2 atom stereocenters. The van der Waals surface area contributed by atoms with E-state index in [1.54, 1.807) is 0 Å². The summed E-state index contributed by atoms with van der Waals surface area (Å²) < 4.78 is 0. The Hall–Kier alpha value is -0.770. The molecule has 0 aromatic carbocycles. The summed E-state index contributed by atoms with van der Waals surface area (Å²) in [6.07, 6.45) is 9.26. The van der Waals surface area contributed by atoms with Gasteiger partial charge in [0, 0.05) is 0 Å². The van der Waals surface area contributed by atoms with E-state index in [1.165, 1.54) is 19.3 Å². The highest BCUT2D eigenvalue weighted by molar-refractivity contribution is 5.10. The van der Waals surface area contributed by atoms with Crippen molar-refractivity contribution in [2.45, 2.75) is 32.6 Å². The topological polar surface area (TPSA) is 23.8 Å². The Bertz CT molecular complexity index is 176. The van der Waals surface area contributed by atoms with Crippen molar-refractivity contribution in [3.05, 3.63) is 12.2 Å². The summed E-state index contributed by atoms with van der Waals surface area (Å²) in [6.45, 7) is 2.20. The zero-order chi connectivity index (χ0) is 8.10. The van der Waals surface area contributed by atoms with Crippen molar-refractivity contribution in [3.63, 3.8) is 0 Å². The molecule has 0 saturated heterocycles. The standard InChI is InChI=1S/C10H15N/c1-2-3-4-5-6-9-7-10(9)8-11/h5-6,9-10H,2-4,7H2,1H3/b6-5+. The highest BCUT2D eigenvalue weighted by Crippen LogP contribution is 2.38. The molecule has 1 fully saturated rings. The minimum absolute atomic E-state index is 0.341. The molecule has 0 spiro atoms. The molecule has 0 amide bonds. The molecule has 1 rings (SSSR count). The minimum atomic E-state index is 0.341. The number of allylic oxidation sites excluding steroid dienone is 2. The first-order chi connectivity index (χ1) is 5.38. The Morgan fingerprint density at radius 3 is 3.00 bits per heavy atom. The van der Waals surface area contributed by atoms with E-state index >= 15 is 0 Å². The average molecular weight is 149 g/mol. The van der Waals surface area contributed by atoms with Crippen molar-refractivity contribution in [2.75, 3.05) is 0 Å². The Morgan fingerprint density at radius 1 is 1.64 bits per heavy atom. The summed E-state index contributed by atoms with van der Waals surface area (Å²) in [4.78, 5) is 0. The van der Waals surface area contributed by atoms with E-state index in [0.29, 0.717) is 11.8 Å². The van der Waals surface area contributed by atoms with E-state index in [4.69, 9.17) is 5.26 Å². The third kappa shape index (κ3) is 2.76. The molecule has 0 N–H and O–H groups in total. The first-order valence-corrected chi connectivity index (χ1v) is 4.44. The number of nitriles is 1. The van der Waals surface area contributed by atoms with Crippen LogP contribution in [0.2, 0.25) is 0 Å². The number of hydrogen-bond acceptors (Lipinski definition) is 1. The van der Waals surface area contributed by atoms with Crippen molar-refractivity contribution in [3.8, 4) is 6.07 Å². The first-order valence-electron chi connectivity index (χ1n) is 4.44. The van der Waals surface area contributed by atoms with Gasteiger partial charge in [-0.15, -0.1) is 0 Å². The lowest BCUT2D eigenvalue weighted by Crippen LogP contribution is -1.72. The van der Waals surface area contributed by atoms with Gasteiger partial charge in [0.15, 0.2) is 0 Å². The molecular weight excluding hydrogens is 134 g/mol. The van der Waals surface area contributed by atoms with E-state index in [1.807, 2.05) is 0 Å². The molecule has 0 bridgehead atoms. The van der Waals surface area contributed by atoms with Crippen molar-refractivity contribution < 1.29 is 0 Å². The van der Waals surface area contributed by atoms with E-state index in [-0.39, 0.29) is 0 Å². The summed E-state index contributed by atoms with van der Waals surface area (Å²) >= 11 is 0. The van der Waals surface area contributed by atoms with Gasteiger partial charge in [-0.2, -0.15) is 5.26 Å². The van der Waals surface area contributed by atoms with Crippen LogP contribution in [0.15, 0.2) is 12.2 Å². The second-order valence-electron chi connectivity index (χ2n) is 3.21. The smallest absolute Gasteiger partial charge is 0.0662 e. The van der Waals surface area contributed by atoms with Gasteiger partial charge in [0.25, 0.3) is 0 Å². The highest BCUT2D eigenvalue weighted by atomic mass is 14.4. The van der Waals surface area contributed by atoms with Gasteiger partial charge in [-0.3, -0.25) is 0 Å². The van der Waals surface area contributed by atoms with Crippen LogP contribution in [0.1, 0.15) is 32.6 Å². The number of unbranched alkanes of at least 4 members (excludes halogenated alkanes) is 2. The fourth-order valence-electron chi connectivity index (χ4n) is 1.17. The van der Waals surface area contributed by atoms with Gasteiger partial charge in [0.1, 0.15) is 0 Å². The maximum atomic E-state index is 8.50. The van der Waals surface area contributed by atoms with Gasteiger partial charge in [0.2, 0.25) is 0 Å². The SMILES string of the molecule is CCCC/C=C/C1CC1C#N. The minimum Gasteiger partial charge on any atom is -0.198 e. The Morgan fingerprint density at radius 2 is 2.45 bits per heavy atom. The Kier molecular flexibility index (Phi) is 3.16. The molecule has 1 aliphatic carbocycles. The van der Waals surface area contributed by atoms with Crippen LogP contribution >= 0.6 is 0 Å². The predicted molar refractivity (Wildman–Crippen MR) is 45.9 cm³/mol. The summed E-state index contributed by atoms with van der Waals surface area (Å²) in [6, 6.07) is 2.28. The lowest BCUT2D eigenvalue weighted by Gasteiger charge is -1.86. The number of rotatable bonds is 4. The third-order valence-electron chi connectivity index (χ3n) is 2.11. The van der Waals surface area contributed by atoms with Crippen LogP contribution < -0.4 is 0 Å². The van der Waals surface area contributed by atoms with Crippen molar-refractivity contribution >= 4 is 0 Å². The Labute approximate surface area is 68.7 Å². The number of nitrogens with zero attached hydrogens (tertiary/aromatic N) is 1. The van der Waals surface area contributed by atoms with Crippen LogP contribution in [0.5, 0.6) is 0 Å². The fourth-order valence-corrected chi connectivity index (χ4v) is 1.17. The molecule has 0 heterocycles. The van der Waals surface area contributed by atoms with Gasteiger partial charge in [-0.1, -0.05) is 31.9 Å². The normalized spacial score (nSPS) is 28.7. The second-order valence-corrected chi connectivity index (χ2v) is 3.21. The molecule has 0 aromatic heterocycles. The quantitative estimate of drug-likeness (QED) is 0.445. The highest BCUT2D eigenvalue weighted by Gasteiger charge is 2.34. The molecule has 60 valence electrons. The van der Waals surface area contributed by atoms with E-state index in [2.05, 4.69) is 25.1 Å². The maximum Gasteiger partial charge on any atom is 0.0662 e. The van der Waals surface area contributed by atoms with Crippen molar-refractivity contribution in [1.82, 2.24) is 0 Å². The molecule has 1 saturated carbocycles. The van der Waals surface area contributed by atoms with Crippen molar-refractivity contribution in [1.29, 1.82) is 5.26 Å². The molecule has 1 heteroatoms. The molecular formula is C10H15N. The van der Waals surface area contributed by atoms with Gasteiger partial charge in [-0.25, -0.2) is 0 Å². The van der Waals surface area contributed by atoms with Crippen LogP contribution in [-0.4, -0.2) is 0 Å². The average Bonchev–Trinajstić information content (AvgIpc) is 2.77. The van der Waals surface area contributed by atoms with Gasteiger partial charge in [0.05, 0.1) is 12.0 Å². The predicted octanol–water partition coefficient (Wildman–Crippen LogP) is 2.89. The summed E-state index contributed by atoms with van der Waals surface area (Å²) in [5, 5.41) is 8.50. The summed E-state index contributed by atoms with van der Waals surface area (Å²) in [5.41, 5.74) is 0. The molecule has 1 aliphatic rings. The fraction of sp³-hybridized carbons (Fsp3) is 0.700. The number of hydrogen-bond donors (Lipinski definition) is 0. The van der Waals surface area contributed by atoms with Gasteiger partial charge < -0.3 is 0 Å². The lowest BCUT2D eigenvalue weighted by molar-refractivity contribution is 0.810.